The van der Waals surface area contributed by atoms with Crippen molar-refractivity contribution in [1.29, 1.82) is 0 Å². The summed E-state index contributed by atoms with van der Waals surface area (Å²) in [4.78, 5) is 12.5. The zero-order valence-corrected chi connectivity index (χ0v) is 16.6. The van der Waals surface area contributed by atoms with E-state index < -0.39 is 0 Å². The highest BCUT2D eigenvalue weighted by Crippen LogP contribution is 2.18. The Balaban J connectivity index is 1.84. The topological polar surface area (TPSA) is 29.1 Å². The van der Waals surface area contributed by atoms with Gasteiger partial charge < -0.3 is 5.32 Å². The number of carbonyl (C=O) groups excluding carboxylic acids is 1. The molecule has 0 saturated carbocycles. The van der Waals surface area contributed by atoms with Gasteiger partial charge in [-0.15, -0.1) is 11.8 Å². The first-order chi connectivity index (χ1) is 12.8. The van der Waals surface area contributed by atoms with Crippen molar-refractivity contribution in [1.82, 2.24) is 5.32 Å². The van der Waals surface area contributed by atoms with Gasteiger partial charge >= 0.3 is 0 Å². The minimum absolute atomic E-state index is 0.0157. The number of rotatable bonds is 12. The van der Waals surface area contributed by atoms with E-state index in [2.05, 4.69) is 36.5 Å². The molecular formula is C23H31NOS. The fourth-order valence-electron chi connectivity index (χ4n) is 2.91. The highest BCUT2D eigenvalue weighted by atomic mass is 32.2. The Morgan fingerprint density at radius 1 is 0.885 bits per heavy atom. The highest BCUT2D eigenvalue weighted by Gasteiger charge is 2.14. The van der Waals surface area contributed by atoms with E-state index >= 15 is 0 Å². The maximum Gasteiger partial charge on any atom is 0.252 e. The number of hydrogen-bond donors (Lipinski definition) is 1. The molecule has 0 fully saturated rings. The molecule has 1 N–H and O–H groups in total. The Hall–Kier alpha value is -1.74. The molecule has 140 valence electrons. The van der Waals surface area contributed by atoms with Crippen LogP contribution in [0.1, 0.15) is 61.4 Å². The lowest BCUT2D eigenvalue weighted by Crippen LogP contribution is -2.34. The molecule has 0 radical (unpaired) electrons. The van der Waals surface area contributed by atoms with Crippen molar-refractivity contribution in [2.45, 2.75) is 57.2 Å². The second-order valence-electron chi connectivity index (χ2n) is 6.66. The zero-order valence-electron chi connectivity index (χ0n) is 15.8. The van der Waals surface area contributed by atoms with E-state index in [9.17, 15) is 4.79 Å². The Kier molecular flexibility index (Phi) is 9.96. The molecule has 2 aromatic carbocycles. The van der Waals surface area contributed by atoms with Gasteiger partial charge in [0.2, 0.25) is 0 Å². The van der Waals surface area contributed by atoms with Gasteiger partial charge in [-0.3, -0.25) is 4.79 Å². The normalized spacial score (nSPS) is 11.9. The molecular weight excluding hydrogens is 338 g/mol. The molecule has 0 spiro atoms. The smallest absolute Gasteiger partial charge is 0.252 e. The summed E-state index contributed by atoms with van der Waals surface area (Å²) in [5.41, 5.74) is 1.99. The number of nitrogens with one attached hydrogen (secondary N) is 1. The number of unbranched alkanes of at least 4 members (excludes halogenated alkanes) is 5. The summed E-state index contributed by atoms with van der Waals surface area (Å²) in [5, 5.41) is 3.33. The van der Waals surface area contributed by atoms with Crippen molar-refractivity contribution < 1.29 is 4.79 Å². The summed E-state index contributed by atoms with van der Waals surface area (Å²) >= 11 is 1.87. The van der Waals surface area contributed by atoms with Crippen LogP contribution in [-0.4, -0.2) is 17.0 Å². The van der Waals surface area contributed by atoms with Gasteiger partial charge in [0, 0.05) is 12.0 Å². The summed E-state index contributed by atoms with van der Waals surface area (Å²) in [5.74, 6) is 1.11. The van der Waals surface area contributed by atoms with Gasteiger partial charge in [0.25, 0.3) is 5.91 Å². The minimum Gasteiger partial charge on any atom is -0.340 e. The van der Waals surface area contributed by atoms with Crippen molar-refractivity contribution in [3.05, 3.63) is 71.8 Å². The number of amides is 1. The molecule has 0 aromatic heterocycles. The highest BCUT2D eigenvalue weighted by molar-refractivity contribution is 7.99. The van der Waals surface area contributed by atoms with Crippen LogP contribution in [0.4, 0.5) is 0 Å². The van der Waals surface area contributed by atoms with Crippen LogP contribution in [0.5, 0.6) is 0 Å². The molecule has 0 aliphatic heterocycles. The van der Waals surface area contributed by atoms with E-state index in [0.717, 1.165) is 17.7 Å². The summed E-state index contributed by atoms with van der Waals surface area (Å²) in [7, 11) is 0. The van der Waals surface area contributed by atoms with Crippen LogP contribution in [0.3, 0.4) is 0 Å². The van der Waals surface area contributed by atoms with Crippen molar-refractivity contribution in [3.63, 3.8) is 0 Å². The molecule has 0 saturated heterocycles. The third kappa shape index (κ3) is 8.09. The van der Waals surface area contributed by atoms with Crippen LogP contribution in [0.25, 0.3) is 0 Å². The lowest BCUT2D eigenvalue weighted by atomic mass is 10.1. The average Bonchev–Trinajstić information content (AvgIpc) is 2.68. The minimum atomic E-state index is 0.0157. The monoisotopic (exact) mass is 369 g/mol. The summed E-state index contributed by atoms with van der Waals surface area (Å²) in [6.07, 6.45) is 8.68. The van der Waals surface area contributed by atoms with Gasteiger partial charge in [-0.2, -0.15) is 0 Å². The van der Waals surface area contributed by atoms with Gasteiger partial charge in [-0.1, -0.05) is 87.6 Å². The van der Waals surface area contributed by atoms with Crippen LogP contribution in [0.15, 0.2) is 60.7 Å². The molecule has 2 rings (SSSR count). The lowest BCUT2D eigenvalue weighted by Gasteiger charge is -2.19. The van der Waals surface area contributed by atoms with Crippen LogP contribution in [-0.2, 0) is 6.42 Å². The van der Waals surface area contributed by atoms with Gasteiger partial charge in [-0.25, -0.2) is 0 Å². The molecule has 1 atom stereocenters. The third-order valence-corrected chi connectivity index (χ3v) is 5.62. The molecule has 0 aliphatic carbocycles. The number of benzene rings is 2. The predicted octanol–water partition coefficient (Wildman–Crippen LogP) is 6.08. The third-order valence-electron chi connectivity index (χ3n) is 4.41. The van der Waals surface area contributed by atoms with E-state index in [0.29, 0.717) is 0 Å². The van der Waals surface area contributed by atoms with Gasteiger partial charge in [0.1, 0.15) is 0 Å². The summed E-state index contributed by atoms with van der Waals surface area (Å²) in [6.45, 7) is 2.25. The number of hydrogen-bond acceptors (Lipinski definition) is 2. The Morgan fingerprint density at radius 2 is 1.50 bits per heavy atom. The molecule has 0 bridgehead atoms. The van der Waals surface area contributed by atoms with Crippen molar-refractivity contribution >= 4 is 17.7 Å². The van der Waals surface area contributed by atoms with E-state index in [1.165, 1.54) is 44.1 Å². The fraction of sp³-hybridized carbons (Fsp3) is 0.435. The van der Waals surface area contributed by atoms with E-state index in [1.54, 1.807) is 0 Å². The van der Waals surface area contributed by atoms with E-state index in [1.807, 2.05) is 48.2 Å². The molecule has 0 aliphatic rings. The molecule has 3 heteroatoms. The quantitative estimate of drug-likeness (QED) is 0.363. The van der Waals surface area contributed by atoms with Crippen LogP contribution in [0, 0.1) is 0 Å². The second-order valence-corrected chi connectivity index (χ2v) is 7.97. The maximum absolute atomic E-state index is 12.5. The number of carbonyl (C=O) groups is 1. The predicted molar refractivity (Wildman–Crippen MR) is 114 cm³/mol. The molecule has 26 heavy (non-hydrogen) atoms. The van der Waals surface area contributed by atoms with Gasteiger partial charge in [-0.05, 0) is 29.9 Å². The SMILES string of the molecule is CCCCCCCCSC(Cc1ccccc1)NC(=O)c1ccccc1. The first-order valence-electron chi connectivity index (χ1n) is 9.81. The van der Waals surface area contributed by atoms with Crippen LogP contribution in [0.2, 0.25) is 0 Å². The standard InChI is InChI=1S/C23H31NOS/c1-2-3-4-5-6-13-18-26-22(19-20-14-9-7-10-15-20)24-23(25)21-16-11-8-12-17-21/h7-12,14-17,22H,2-6,13,18-19H2,1H3,(H,24,25). The van der Waals surface area contributed by atoms with E-state index in [4.69, 9.17) is 0 Å². The Morgan fingerprint density at radius 3 is 2.19 bits per heavy atom. The first kappa shape index (κ1) is 20.6. The van der Waals surface area contributed by atoms with Gasteiger partial charge in [0.05, 0.1) is 5.37 Å². The van der Waals surface area contributed by atoms with Crippen molar-refractivity contribution in [2.75, 3.05) is 5.75 Å². The molecule has 0 heterocycles. The van der Waals surface area contributed by atoms with Crippen LogP contribution < -0.4 is 5.32 Å². The Bertz CT molecular complexity index is 615. The molecule has 1 amide bonds. The second kappa shape index (κ2) is 12.6. The number of thioether (sulfide) groups is 1. The van der Waals surface area contributed by atoms with Crippen molar-refractivity contribution in [3.8, 4) is 0 Å². The van der Waals surface area contributed by atoms with Gasteiger partial charge in [0.15, 0.2) is 0 Å². The molecule has 1 unspecified atom stereocenters. The lowest BCUT2D eigenvalue weighted by molar-refractivity contribution is 0.0950. The first-order valence-corrected chi connectivity index (χ1v) is 10.9. The largest absolute Gasteiger partial charge is 0.340 e. The summed E-state index contributed by atoms with van der Waals surface area (Å²) < 4.78 is 0. The van der Waals surface area contributed by atoms with Crippen LogP contribution >= 0.6 is 11.8 Å². The maximum atomic E-state index is 12.5. The fourth-order valence-corrected chi connectivity index (χ4v) is 4.06. The molecule has 2 aromatic rings. The molecule has 2 nitrogen and oxygen atoms in total. The summed E-state index contributed by atoms with van der Waals surface area (Å²) in [6, 6.07) is 19.9. The van der Waals surface area contributed by atoms with Crippen molar-refractivity contribution in [2.24, 2.45) is 0 Å². The zero-order chi connectivity index (χ0) is 18.5. The van der Waals surface area contributed by atoms with E-state index in [-0.39, 0.29) is 11.3 Å². The Labute approximate surface area is 162 Å². The average molecular weight is 370 g/mol.